The number of halogens is 1. The molecule has 1 N–H and O–H groups in total. The van der Waals surface area contributed by atoms with Gasteiger partial charge in [-0.15, -0.1) is 10.2 Å². The van der Waals surface area contributed by atoms with Crippen LogP contribution in [0.1, 0.15) is 45.7 Å². The minimum absolute atomic E-state index is 0.0555. The molecule has 0 spiro atoms. The number of quaternary nitrogens is 1. The lowest BCUT2D eigenvalue weighted by Crippen LogP contribution is -3.15. The van der Waals surface area contributed by atoms with Crippen LogP contribution in [0.4, 0.5) is 11.4 Å². The smallest absolute Gasteiger partial charge is 0.135 e. The van der Waals surface area contributed by atoms with E-state index in [1.807, 2.05) is 0 Å². The van der Waals surface area contributed by atoms with Gasteiger partial charge in [0.05, 0.1) is 12.0 Å². The lowest BCUT2D eigenvalue weighted by molar-refractivity contribution is -2.00. The second kappa shape index (κ2) is 7.04. The molecule has 0 saturated heterocycles. The molecule has 31 heavy (non-hydrogen) atoms. The van der Waals surface area contributed by atoms with Crippen molar-refractivity contribution in [2.75, 3.05) is 18.0 Å². The maximum atomic E-state index is 8.49. The molecule has 166 valence electrons. The summed E-state index contributed by atoms with van der Waals surface area (Å²) < 4.78 is 34.0. The average molecular weight is 445 g/mol. The Bertz CT molecular complexity index is 1040. The zero-order valence-corrected chi connectivity index (χ0v) is 19.3. The number of nitrogens with zero attached hydrogens (tertiary/aromatic N) is 1. The average Bonchev–Trinajstić information content (AvgIpc) is 2.88. The van der Waals surface area contributed by atoms with Crippen LogP contribution in [0.2, 0.25) is 0 Å². The number of nitrogens with one attached hydrogen (secondary N) is 1. The second-order valence-corrected chi connectivity index (χ2v) is 10.6. The largest absolute Gasteiger partial charge is 0.338 e. The summed E-state index contributed by atoms with van der Waals surface area (Å²) in [4.78, 5) is 4.21. The van der Waals surface area contributed by atoms with Gasteiger partial charge in [-0.25, -0.2) is 18.6 Å². The highest BCUT2D eigenvalue weighted by atomic mass is 35.7. The molecule has 0 fully saturated rings. The fourth-order valence-corrected chi connectivity index (χ4v) is 5.73. The highest BCUT2D eigenvalue weighted by Gasteiger charge is 2.59. The molecule has 2 aromatic rings. The summed E-state index contributed by atoms with van der Waals surface area (Å²) in [6.07, 6.45) is 2.62. The Morgan fingerprint density at radius 1 is 0.839 bits per heavy atom. The molecule has 0 saturated carbocycles. The van der Waals surface area contributed by atoms with E-state index in [4.69, 9.17) is 18.6 Å². The number of para-hydroxylation sites is 2. The SMILES string of the molecule is CC1(C)C2=CC3(C)[NH+](CCN2c2ccccc21)c1ccccc1C3(C)C.[O-][Cl+3]([O-])([O-])[O-]. The van der Waals surface area contributed by atoms with Crippen molar-refractivity contribution in [1.29, 1.82) is 0 Å². The van der Waals surface area contributed by atoms with E-state index in [-0.39, 0.29) is 16.4 Å². The van der Waals surface area contributed by atoms with E-state index in [1.54, 1.807) is 4.90 Å². The maximum absolute atomic E-state index is 8.49. The first kappa shape index (κ1) is 22.3. The molecule has 3 aliphatic rings. The van der Waals surface area contributed by atoms with Gasteiger partial charge in [-0.1, -0.05) is 50.2 Å². The number of rotatable bonds is 0. The van der Waals surface area contributed by atoms with E-state index in [2.05, 4.69) is 94.1 Å². The van der Waals surface area contributed by atoms with Crippen LogP contribution in [0.15, 0.2) is 60.3 Å². The van der Waals surface area contributed by atoms with Crippen LogP contribution >= 0.6 is 0 Å². The van der Waals surface area contributed by atoms with Gasteiger partial charge in [0.15, 0.2) is 0 Å². The van der Waals surface area contributed by atoms with Crippen LogP contribution in [0.3, 0.4) is 0 Å². The van der Waals surface area contributed by atoms with E-state index in [0.717, 1.165) is 13.1 Å². The summed E-state index contributed by atoms with van der Waals surface area (Å²) >= 11 is 0. The van der Waals surface area contributed by atoms with Crippen molar-refractivity contribution in [3.05, 3.63) is 71.4 Å². The zero-order valence-electron chi connectivity index (χ0n) is 18.6. The lowest BCUT2D eigenvalue weighted by Gasteiger charge is -2.38. The van der Waals surface area contributed by atoms with Crippen molar-refractivity contribution in [3.63, 3.8) is 0 Å². The first-order chi connectivity index (χ1) is 14.3. The van der Waals surface area contributed by atoms with E-state index in [1.165, 1.54) is 28.2 Å². The number of allylic oxidation sites excluding steroid dienone is 1. The van der Waals surface area contributed by atoms with Crippen molar-refractivity contribution in [2.45, 2.75) is 51.0 Å². The molecule has 0 radical (unpaired) electrons. The molecule has 0 bridgehead atoms. The molecule has 0 aromatic heterocycles. The number of benzene rings is 2. The fourth-order valence-electron chi connectivity index (χ4n) is 5.73. The van der Waals surface area contributed by atoms with Gasteiger partial charge in [0.2, 0.25) is 0 Å². The Morgan fingerprint density at radius 3 is 2.03 bits per heavy atom. The summed E-state index contributed by atoms with van der Waals surface area (Å²) in [5.41, 5.74) is 7.57. The van der Waals surface area contributed by atoms with E-state index in [0.29, 0.717) is 0 Å². The normalized spacial score (nSPS) is 27.1. The molecule has 2 atom stereocenters. The molecular weight excluding hydrogens is 416 g/mol. The van der Waals surface area contributed by atoms with E-state index < -0.39 is 10.2 Å². The van der Waals surface area contributed by atoms with Crippen molar-refractivity contribution in [2.24, 2.45) is 0 Å². The Labute approximate surface area is 185 Å². The van der Waals surface area contributed by atoms with Crippen LogP contribution < -0.4 is 28.4 Å². The molecule has 2 aromatic carbocycles. The molecule has 3 aliphatic heterocycles. The van der Waals surface area contributed by atoms with Gasteiger partial charge in [0.1, 0.15) is 17.8 Å². The summed E-state index contributed by atoms with van der Waals surface area (Å²) in [7, 11) is -4.94. The van der Waals surface area contributed by atoms with Gasteiger partial charge in [0.25, 0.3) is 0 Å². The molecule has 2 unspecified atom stereocenters. The third-order valence-corrected chi connectivity index (χ3v) is 7.66. The van der Waals surface area contributed by atoms with Crippen LogP contribution in [0.25, 0.3) is 0 Å². The summed E-state index contributed by atoms with van der Waals surface area (Å²) in [6, 6.07) is 18.0. The van der Waals surface area contributed by atoms with Crippen LogP contribution in [0, 0.1) is 10.2 Å². The van der Waals surface area contributed by atoms with E-state index in [9.17, 15) is 0 Å². The zero-order chi connectivity index (χ0) is 22.8. The molecule has 7 heteroatoms. The Morgan fingerprint density at radius 2 is 1.39 bits per heavy atom. The van der Waals surface area contributed by atoms with Gasteiger partial charge >= 0.3 is 0 Å². The predicted octanol–water partition coefficient (Wildman–Crippen LogP) is -0.808. The topological polar surface area (TPSA) is 99.9 Å². The summed E-state index contributed by atoms with van der Waals surface area (Å²) in [5.74, 6) is 0. The number of hydrogen-bond acceptors (Lipinski definition) is 5. The van der Waals surface area contributed by atoms with Crippen molar-refractivity contribution in [3.8, 4) is 0 Å². The first-order valence-corrected chi connectivity index (χ1v) is 11.7. The van der Waals surface area contributed by atoms with Crippen LogP contribution in [-0.4, -0.2) is 18.6 Å². The maximum Gasteiger partial charge on any atom is 0.135 e. The van der Waals surface area contributed by atoms with Crippen LogP contribution in [0.5, 0.6) is 0 Å². The quantitative estimate of drug-likeness (QED) is 0.573. The minimum Gasteiger partial charge on any atom is -0.338 e. The Kier molecular flexibility index (Phi) is 5.05. The van der Waals surface area contributed by atoms with Gasteiger partial charge in [0, 0.05) is 22.4 Å². The Balaban J connectivity index is 0.000000418. The van der Waals surface area contributed by atoms with Gasteiger partial charge in [-0.3, -0.25) is 4.90 Å². The molecule has 5 rings (SSSR count). The van der Waals surface area contributed by atoms with E-state index >= 15 is 0 Å². The summed E-state index contributed by atoms with van der Waals surface area (Å²) in [5, 5.41) is 0. The number of hydrogen-bond donors (Lipinski definition) is 1. The predicted molar refractivity (Wildman–Crippen MR) is 108 cm³/mol. The molecule has 3 heterocycles. The highest BCUT2D eigenvalue weighted by Crippen LogP contribution is 2.51. The Hall–Kier alpha value is -1.93. The monoisotopic (exact) mass is 444 g/mol. The number of fused-ring (bicyclic) bond motifs is 6. The summed E-state index contributed by atoms with van der Waals surface area (Å²) in [6.45, 7) is 14.3. The second-order valence-electron chi connectivity index (χ2n) is 9.80. The van der Waals surface area contributed by atoms with Crippen molar-refractivity contribution in [1.82, 2.24) is 0 Å². The van der Waals surface area contributed by atoms with Crippen LogP contribution in [-0.2, 0) is 10.8 Å². The third-order valence-electron chi connectivity index (χ3n) is 7.66. The fraction of sp³-hybridized carbons (Fsp3) is 0.417. The van der Waals surface area contributed by atoms with Gasteiger partial charge in [-0.2, -0.15) is 0 Å². The minimum atomic E-state index is -4.94. The third kappa shape index (κ3) is 3.39. The standard InChI is InChI=1S/C24H28N2.ClHO4/c1-22(2)17-10-6-8-12-19(17)25-14-15-26-20-13-9-7-11-18(20)23(3,4)24(26,5)16-21(22)25;2-1(3,4)5/h6-13,16H,14-15H2,1-5H3;(H,2,3,4,5). The first-order valence-electron chi connectivity index (χ1n) is 10.5. The molecule has 0 amide bonds. The molecule has 0 aliphatic carbocycles. The van der Waals surface area contributed by atoms with Gasteiger partial charge < -0.3 is 4.90 Å². The van der Waals surface area contributed by atoms with Gasteiger partial charge in [-0.05, 0) is 44.5 Å². The lowest BCUT2D eigenvalue weighted by atomic mass is 9.69. The van der Waals surface area contributed by atoms with Crippen molar-refractivity contribution < 1.29 is 33.8 Å². The molecule has 6 nitrogen and oxygen atoms in total. The molecular formula is C24H29ClN2O4. The van der Waals surface area contributed by atoms with Crippen molar-refractivity contribution >= 4 is 11.4 Å². The highest BCUT2D eigenvalue weighted by molar-refractivity contribution is 5.71. The number of anilines is 1.